The molecule has 4 nitrogen and oxygen atoms in total. The molecule has 0 aromatic carbocycles. The predicted octanol–water partition coefficient (Wildman–Crippen LogP) is 3.62. The molecule has 1 fully saturated rings. The van der Waals surface area contributed by atoms with E-state index < -0.39 is 0 Å². The maximum absolute atomic E-state index is 4.57. The fourth-order valence-electron chi connectivity index (χ4n) is 3.02. The lowest BCUT2D eigenvalue weighted by Crippen LogP contribution is -2.17. The summed E-state index contributed by atoms with van der Waals surface area (Å²) in [6, 6.07) is 0. The molecule has 0 aliphatic heterocycles. The van der Waals surface area contributed by atoms with Crippen molar-refractivity contribution in [1.82, 2.24) is 15.2 Å². The first kappa shape index (κ1) is 15.2. The van der Waals surface area contributed by atoms with Crippen molar-refractivity contribution in [3.05, 3.63) is 11.4 Å². The summed E-state index contributed by atoms with van der Waals surface area (Å²) in [5.41, 5.74) is 2.11. The van der Waals surface area contributed by atoms with Gasteiger partial charge in [0.25, 0.3) is 0 Å². The Morgan fingerprint density at radius 3 is 2.35 bits per heavy atom. The van der Waals surface area contributed by atoms with Gasteiger partial charge >= 0.3 is 0 Å². The summed E-state index contributed by atoms with van der Waals surface area (Å²) >= 11 is 0. The first-order chi connectivity index (χ1) is 9.72. The van der Waals surface area contributed by atoms with E-state index in [0.29, 0.717) is 5.95 Å². The van der Waals surface area contributed by atoms with E-state index in [9.17, 15) is 0 Å². The molecule has 0 unspecified atom stereocenters. The quantitative estimate of drug-likeness (QED) is 0.862. The molecule has 20 heavy (non-hydrogen) atoms. The number of hydrogen-bond acceptors (Lipinski definition) is 4. The molecular weight excluding hydrogens is 248 g/mol. The highest BCUT2D eigenvalue weighted by molar-refractivity contribution is 5.25. The highest BCUT2D eigenvalue weighted by Crippen LogP contribution is 2.30. The number of aryl methyl sites for hydroxylation is 2. The molecule has 1 aliphatic carbocycles. The molecular formula is C16H28N4. The number of nitrogens with zero attached hydrogens (tertiary/aromatic N) is 3. The predicted molar refractivity (Wildman–Crippen MR) is 82.8 cm³/mol. The van der Waals surface area contributed by atoms with Crippen molar-refractivity contribution < 1.29 is 0 Å². The van der Waals surface area contributed by atoms with Crippen LogP contribution in [0, 0.1) is 11.8 Å². The lowest BCUT2D eigenvalue weighted by atomic mass is 9.81. The third-order valence-electron chi connectivity index (χ3n) is 4.48. The Kier molecular flexibility index (Phi) is 5.74. The van der Waals surface area contributed by atoms with Crippen molar-refractivity contribution in [2.75, 3.05) is 11.9 Å². The van der Waals surface area contributed by atoms with Crippen LogP contribution in [-0.4, -0.2) is 21.7 Å². The molecule has 0 saturated heterocycles. The minimum absolute atomic E-state index is 0.697. The van der Waals surface area contributed by atoms with Gasteiger partial charge < -0.3 is 5.32 Å². The van der Waals surface area contributed by atoms with Gasteiger partial charge in [0, 0.05) is 6.54 Å². The van der Waals surface area contributed by atoms with E-state index in [0.717, 1.165) is 42.6 Å². The summed E-state index contributed by atoms with van der Waals surface area (Å²) in [5.74, 6) is 2.51. The smallest absolute Gasteiger partial charge is 0.242 e. The minimum Gasteiger partial charge on any atom is -0.353 e. The van der Waals surface area contributed by atoms with Crippen LogP contribution in [0.15, 0.2) is 0 Å². The monoisotopic (exact) mass is 276 g/mol. The van der Waals surface area contributed by atoms with Gasteiger partial charge in [0.2, 0.25) is 5.95 Å². The Bertz CT molecular complexity index is 411. The fraction of sp³-hybridized carbons (Fsp3) is 0.812. The van der Waals surface area contributed by atoms with E-state index in [-0.39, 0.29) is 0 Å². The minimum atomic E-state index is 0.697. The molecule has 1 aromatic heterocycles. The topological polar surface area (TPSA) is 50.7 Å². The van der Waals surface area contributed by atoms with Crippen molar-refractivity contribution in [3.8, 4) is 0 Å². The van der Waals surface area contributed by atoms with Crippen LogP contribution in [0.3, 0.4) is 0 Å². The van der Waals surface area contributed by atoms with Crippen LogP contribution in [-0.2, 0) is 12.8 Å². The van der Waals surface area contributed by atoms with Gasteiger partial charge in [-0.25, -0.2) is 4.98 Å². The zero-order valence-electron chi connectivity index (χ0n) is 13.2. The third-order valence-corrected chi connectivity index (χ3v) is 4.48. The average Bonchev–Trinajstić information content (AvgIpc) is 2.49. The number of anilines is 1. The molecule has 1 saturated carbocycles. The van der Waals surface area contributed by atoms with Gasteiger partial charge in [-0.1, -0.05) is 46.5 Å². The van der Waals surface area contributed by atoms with Gasteiger partial charge in [0.15, 0.2) is 0 Å². The summed E-state index contributed by atoms with van der Waals surface area (Å²) in [6.45, 7) is 7.56. The highest BCUT2D eigenvalue weighted by Gasteiger charge is 2.17. The van der Waals surface area contributed by atoms with Crippen LogP contribution >= 0.6 is 0 Å². The van der Waals surface area contributed by atoms with Gasteiger partial charge in [0.05, 0.1) is 11.4 Å². The van der Waals surface area contributed by atoms with Crippen molar-refractivity contribution in [3.63, 3.8) is 0 Å². The molecule has 0 spiro atoms. The summed E-state index contributed by atoms with van der Waals surface area (Å²) in [7, 11) is 0. The van der Waals surface area contributed by atoms with Crippen LogP contribution in [0.2, 0.25) is 0 Å². The van der Waals surface area contributed by atoms with Gasteiger partial charge in [-0.05, 0) is 31.1 Å². The van der Waals surface area contributed by atoms with E-state index in [2.05, 4.69) is 41.3 Å². The average molecular weight is 276 g/mol. The highest BCUT2D eigenvalue weighted by atomic mass is 15.2. The molecule has 0 atom stereocenters. The maximum atomic E-state index is 4.57. The van der Waals surface area contributed by atoms with Crippen LogP contribution in [0.5, 0.6) is 0 Å². The summed E-state index contributed by atoms with van der Waals surface area (Å²) in [6.07, 6.45) is 8.63. The molecule has 1 heterocycles. The molecule has 112 valence electrons. The molecule has 0 radical (unpaired) electrons. The van der Waals surface area contributed by atoms with E-state index in [1.807, 2.05) is 0 Å². The Morgan fingerprint density at radius 1 is 1.00 bits per heavy atom. The van der Waals surface area contributed by atoms with Gasteiger partial charge in [-0.2, -0.15) is 5.10 Å². The Labute approximate surface area is 122 Å². The van der Waals surface area contributed by atoms with E-state index in [1.54, 1.807) is 0 Å². The summed E-state index contributed by atoms with van der Waals surface area (Å²) in [5, 5.41) is 11.8. The molecule has 1 N–H and O–H groups in total. The standard InChI is InChI=1S/C16H28N4/c1-4-14-15(5-2)19-20-16(18-14)17-11-10-13-8-6-12(3)7-9-13/h12-13H,4-11H2,1-3H3,(H,17,18,20). The first-order valence-electron chi connectivity index (χ1n) is 8.19. The van der Waals surface area contributed by atoms with Gasteiger partial charge in [-0.15, -0.1) is 5.10 Å². The van der Waals surface area contributed by atoms with Crippen molar-refractivity contribution >= 4 is 5.95 Å². The number of aromatic nitrogens is 3. The van der Waals surface area contributed by atoms with Crippen molar-refractivity contribution in [1.29, 1.82) is 0 Å². The Morgan fingerprint density at radius 2 is 1.70 bits per heavy atom. The van der Waals surface area contributed by atoms with E-state index >= 15 is 0 Å². The van der Waals surface area contributed by atoms with Crippen LogP contribution < -0.4 is 5.32 Å². The number of rotatable bonds is 6. The van der Waals surface area contributed by atoms with Crippen LogP contribution in [0.25, 0.3) is 0 Å². The second-order valence-corrected chi connectivity index (χ2v) is 6.08. The molecule has 1 aliphatic rings. The van der Waals surface area contributed by atoms with Crippen LogP contribution in [0.4, 0.5) is 5.95 Å². The van der Waals surface area contributed by atoms with Gasteiger partial charge in [0.1, 0.15) is 0 Å². The normalized spacial score (nSPS) is 22.8. The fourth-order valence-corrected chi connectivity index (χ4v) is 3.02. The summed E-state index contributed by atoms with van der Waals surface area (Å²) < 4.78 is 0. The zero-order chi connectivity index (χ0) is 14.4. The zero-order valence-corrected chi connectivity index (χ0v) is 13.2. The SMILES string of the molecule is CCc1nnc(NCCC2CCC(C)CC2)nc1CC. The number of nitrogens with one attached hydrogen (secondary N) is 1. The van der Waals surface area contributed by atoms with E-state index in [4.69, 9.17) is 0 Å². The molecule has 4 heteroatoms. The van der Waals surface area contributed by atoms with Crippen LogP contribution in [0.1, 0.15) is 64.3 Å². The molecule has 2 rings (SSSR count). The lowest BCUT2D eigenvalue weighted by Gasteiger charge is -2.26. The van der Waals surface area contributed by atoms with Crippen molar-refractivity contribution in [2.45, 2.75) is 65.7 Å². The van der Waals surface area contributed by atoms with Crippen molar-refractivity contribution in [2.24, 2.45) is 11.8 Å². The first-order valence-corrected chi connectivity index (χ1v) is 8.19. The third kappa shape index (κ3) is 4.15. The maximum Gasteiger partial charge on any atom is 0.242 e. The Hall–Kier alpha value is -1.19. The number of hydrogen-bond donors (Lipinski definition) is 1. The second-order valence-electron chi connectivity index (χ2n) is 6.08. The lowest BCUT2D eigenvalue weighted by molar-refractivity contribution is 0.281. The Balaban J connectivity index is 1.79. The summed E-state index contributed by atoms with van der Waals surface area (Å²) in [4.78, 5) is 4.57. The molecule has 0 bridgehead atoms. The second kappa shape index (κ2) is 7.55. The van der Waals surface area contributed by atoms with Gasteiger partial charge in [-0.3, -0.25) is 0 Å². The van der Waals surface area contributed by atoms with E-state index in [1.165, 1.54) is 32.1 Å². The molecule has 0 amide bonds. The largest absolute Gasteiger partial charge is 0.353 e. The molecule has 1 aromatic rings.